The number of halogens is 3. The van der Waals surface area contributed by atoms with Crippen molar-refractivity contribution in [2.75, 3.05) is 13.1 Å². The number of rotatable bonds is 14. The number of hydrogen-bond acceptors (Lipinski definition) is 6. The lowest BCUT2D eigenvalue weighted by Gasteiger charge is -2.19. The molecule has 0 fully saturated rings. The van der Waals surface area contributed by atoms with Crippen LogP contribution in [0.25, 0.3) is 11.1 Å². The molecule has 3 aromatic rings. The first kappa shape index (κ1) is 35.3. The van der Waals surface area contributed by atoms with E-state index in [1.807, 2.05) is 61.5 Å². The molecule has 0 aromatic heterocycles. The van der Waals surface area contributed by atoms with Crippen molar-refractivity contribution in [3.8, 4) is 11.1 Å². The van der Waals surface area contributed by atoms with Crippen molar-refractivity contribution in [2.24, 2.45) is 0 Å². The molecule has 0 aliphatic rings. The Morgan fingerprint density at radius 1 is 0.783 bits per heavy atom. The molecular formula is C33H35F3N4O6. The van der Waals surface area contributed by atoms with Crippen molar-refractivity contribution in [1.29, 1.82) is 0 Å². The summed E-state index contributed by atoms with van der Waals surface area (Å²) in [6.07, 6.45) is -5.10. The van der Waals surface area contributed by atoms with Gasteiger partial charge in [0.1, 0.15) is 0 Å². The van der Waals surface area contributed by atoms with Gasteiger partial charge in [-0.05, 0) is 42.0 Å². The standard InChI is InChI=1S/C33H35F3N4O6/c1-22-8-7-9-23(18-22)20-39-32(45)37-17-6-5-12-28(41)38-21-29(42)40-27(19-30(43)46-31(44)33(34,35)36)26-15-13-25(14-16-26)24-10-3-2-4-11-24/h2-4,7-11,13-16,18,27H,5-6,12,17,19-21H2,1H3,(H,38,41)(H,40,42)(H2,37,39,45). The van der Waals surface area contributed by atoms with Crippen LogP contribution in [0.2, 0.25) is 0 Å². The summed E-state index contributed by atoms with van der Waals surface area (Å²) >= 11 is 0. The third-order valence-corrected chi connectivity index (χ3v) is 6.66. The Morgan fingerprint density at radius 2 is 1.48 bits per heavy atom. The molecular weight excluding hydrogens is 605 g/mol. The predicted molar refractivity (Wildman–Crippen MR) is 163 cm³/mol. The first-order valence-corrected chi connectivity index (χ1v) is 14.5. The second-order valence-corrected chi connectivity index (χ2v) is 10.4. The molecule has 13 heteroatoms. The van der Waals surface area contributed by atoms with E-state index in [1.54, 1.807) is 24.3 Å². The van der Waals surface area contributed by atoms with Crippen LogP contribution in [0.15, 0.2) is 78.9 Å². The zero-order valence-electron chi connectivity index (χ0n) is 25.1. The molecule has 0 aliphatic carbocycles. The van der Waals surface area contributed by atoms with Gasteiger partial charge >= 0.3 is 24.1 Å². The van der Waals surface area contributed by atoms with Crippen LogP contribution in [0.4, 0.5) is 18.0 Å². The molecule has 4 N–H and O–H groups in total. The Hall–Kier alpha value is -5.20. The van der Waals surface area contributed by atoms with Gasteiger partial charge < -0.3 is 26.0 Å². The van der Waals surface area contributed by atoms with E-state index >= 15 is 0 Å². The molecule has 3 aromatic carbocycles. The number of esters is 2. The van der Waals surface area contributed by atoms with Crippen LogP contribution in [-0.4, -0.2) is 49.0 Å². The van der Waals surface area contributed by atoms with Crippen molar-refractivity contribution in [1.82, 2.24) is 21.3 Å². The number of amides is 4. The summed E-state index contributed by atoms with van der Waals surface area (Å²) in [6, 6.07) is 22.1. The minimum absolute atomic E-state index is 0.0795. The Kier molecular flexibility index (Phi) is 13.3. The molecule has 244 valence electrons. The first-order chi connectivity index (χ1) is 21.9. The highest BCUT2D eigenvalue weighted by molar-refractivity contribution is 5.89. The van der Waals surface area contributed by atoms with Gasteiger partial charge in [-0.1, -0.05) is 84.4 Å². The number of aryl methyl sites for hydroxylation is 1. The molecule has 0 aliphatic heterocycles. The van der Waals surface area contributed by atoms with E-state index in [9.17, 15) is 37.1 Å². The number of benzene rings is 3. The monoisotopic (exact) mass is 640 g/mol. The normalized spacial score (nSPS) is 11.6. The molecule has 46 heavy (non-hydrogen) atoms. The smallest absolute Gasteiger partial charge is 0.386 e. The average Bonchev–Trinajstić information content (AvgIpc) is 3.02. The minimum atomic E-state index is -5.36. The minimum Gasteiger partial charge on any atom is -0.386 e. The van der Waals surface area contributed by atoms with Crippen molar-refractivity contribution in [2.45, 2.75) is 51.4 Å². The summed E-state index contributed by atoms with van der Waals surface area (Å²) in [7, 11) is 0. The molecule has 0 spiro atoms. The van der Waals surface area contributed by atoms with Crippen LogP contribution in [-0.2, 0) is 30.5 Å². The Bertz CT molecular complexity index is 1500. The van der Waals surface area contributed by atoms with Crippen LogP contribution >= 0.6 is 0 Å². The van der Waals surface area contributed by atoms with E-state index in [1.165, 1.54) is 0 Å². The van der Waals surface area contributed by atoms with Crippen LogP contribution in [0.5, 0.6) is 0 Å². The van der Waals surface area contributed by atoms with Gasteiger partial charge in [0.25, 0.3) is 0 Å². The molecule has 4 amide bonds. The SMILES string of the molecule is Cc1cccc(CNC(=O)NCCCCC(=O)NCC(=O)NC(CC(=O)OC(=O)C(F)(F)F)c2ccc(-c3ccccc3)cc2)c1. The number of unbranched alkanes of at least 4 members (excludes halogenated alkanes) is 1. The lowest BCUT2D eigenvalue weighted by atomic mass is 9.99. The third-order valence-electron chi connectivity index (χ3n) is 6.66. The van der Waals surface area contributed by atoms with Gasteiger partial charge in [-0.25, -0.2) is 9.59 Å². The topological polar surface area (TPSA) is 143 Å². The van der Waals surface area contributed by atoms with E-state index < -0.39 is 48.9 Å². The molecule has 0 saturated heterocycles. The lowest BCUT2D eigenvalue weighted by molar-refractivity contribution is -0.202. The highest BCUT2D eigenvalue weighted by atomic mass is 19.4. The molecule has 1 unspecified atom stereocenters. The van der Waals surface area contributed by atoms with Crippen LogP contribution in [0, 0.1) is 6.92 Å². The third kappa shape index (κ3) is 12.4. The number of ether oxygens (including phenoxy) is 1. The molecule has 0 bridgehead atoms. The lowest BCUT2D eigenvalue weighted by Crippen LogP contribution is -2.39. The van der Waals surface area contributed by atoms with Crippen molar-refractivity contribution >= 4 is 29.8 Å². The zero-order valence-corrected chi connectivity index (χ0v) is 25.1. The van der Waals surface area contributed by atoms with Gasteiger partial charge in [0.2, 0.25) is 11.8 Å². The highest BCUT2D eigenvalue weighted by Crippen LogP contribution is 2.24. The summed E-state index contributed by atoms with van der Waals surface area (Å²) < 4.78 is 41.6. The van der Waals surface area contributed by atoms with E-state index in [-0.39, 0.29) is 12.5 Å². The number of hydrogen-bond donors (Lipinski definition) is 4. The summed E-state index contributed by atoms with van der Waals surface area (Å²) in [5.74, 6) is -5.29. The van der Waals surface area contributed by atoms with Crippen LogP contribution in [0.1, 0.15) is 48.4 Å². The van der Waals surface area contributed by atoms with E-state index in [4.69, 9.17) is 0 Å². The maximum atomic E-state index is 12.6. The average molecular weight is 641 g/mol. The molecule has 1 atom stereocenters. The van der Waals surface area contributed by atoms with E-state index in [0.29, 0.717) is 31.5 Å². The fourth-order valence-corrected chi connectivity index (χ4v) is 4.35. The quantitative estimate of drug-likeness (QED) is 0.115. The van der Waals surface area contributed by atoms with Gasteiger partial charge in [0.15, 0.2) is 0 Å². The number of urea groups is 1. The predicted octanol–water partition coefficient (Wildman–Crippen LogP) is 4.63. The number of carbonyl (C=O) groups is 5. The highest BCUT2D eigenvalue weighted by Gasteiger charge is 2.42. The Morgan fingerprint density at radius 3 is 2.15 bits per heavy atom. The van der Waals surface area contributed by atoms with Gasteiger partial charge in [-0.15, -0.1) is 0 Å². The van der Waals surface area contributed by atoms with E-state index in [0.717, 1.165) is 22.3 Å². The molecule has 0 radical (unpaired) electrons. The van der Waals surface area contributed by atoms with Gasteiger partial charge in [0.05, 0.1) is 19.0 Å². The van der Waals surface area contributed by atoms with Crippen LogP contribution in [0.3, 0.4) is 0 Å². The second kappa shape index (κ2) is 17.3. The van der Waals surface area contributed by atoms with E-state index in [2.05, 4.69) is 26.0 Å². The molecule has 10 nitrogen and oxygen atoms in total. The fourth-order valence-electron chi connectivity index (χ4n) is 4.35. The molecule has 0 heterocycles. The molecule has 0 saturated carbocycles. The van der Waals surface area contributed by atoms with Gasteiger partial charge in [-0.2, -0.15) is 13.2 Å². The van der Waals surface area contributed by atoms with Crippen molar-refractivity contribution in [3.05, 3.63) is 95.6 Å². The van der Waals surface area contributed by atoms with Gasteiger partial charge in [0, 0.05) is 19.5 Å². The fraction of sp³-hybridized carbons (Fsp3) is 0.303. The summed E-state index contributed by atoms with van der Waals surface area (Å²) in [4.78, 5) is 60.1. The first-order valence-electron chi connectivity index (χ1n) is 14.5. The summed E-state index contributed by atoms with van der Waals surface area (Å²) in [5, 5.41) is 10.4. The van der Waals surface area contributed by atoms with Crippen molar-refractivity contribution < 1.29 is 41.9 Å². The largest absolute Gasteiger partial charge is 0.491 e. The second-order valence-electron chi connectivity index (χ2n) is 10.4. The summed E-state index contributed by atoms with van der Waals surface area (Å²) in [6.45, 7) is 2.21. The molecule has 3 rings (SSSR count). The number of alkyl halides is 3. The number of carbonyl (C=O) groups excluding carboxylic acids is 5. The Balaban J connectivity index is 1.45. The summed E-state index contributed by atoms with van der Waals surface area (Å²) in [5.41, 5.74) is 4.14. The van der Waals surface area contributed by atoms with Crippen LogP contribution < -0.4 is 21.3 Å². The van der Waals surface area contributed by atoms with Gasteiger partial charge in [-0.3, -0.25) is 14.4 Å². The zero-order chi connectivity index (χ0) is 33.5. The number of nitrogens with one attached hydrogen (secondary N) is 4. The maximum Gasteiger partial charge on any atom is 0.491 e. The maximum absolute atomic E-state index is 12.6. The Labute approximate surface area is 264 Å². The van der Waals surface area contributed by atoms with Crippen molar-refractivity contribution in [3.63, 3.8) is 0 Å².